The Morgan fingerprint density at radius 2 is 1.90 bits per heavy atom. The number of anilines is 1. The van der Waals surface area contributed by atoms with E-state index in [2.05, 4.69) is 75.4 Å². The van der Waals surface area contributed by atoms with Crippen molar-refractivity contribution in [1.82, 2.24) is 14.9 Å². The second-order valence-electron chi connectivity index (χ2n) is 7.66. The van der Waals surface area contributed by atoms with Crippen LogP contribution in [0.15, 0.2) is 89.8 Å². The molecule has 6 heteroatoms. The number of nitrogens with one attached hydrogen (secondary N) is 1. The van der Waals surface area contributed by atoms with E-state index in [1.165, 1.54) is 5.56 Å². The smallest absolute Gasteiger partial charge is 0.174 e. The monoisotopic (exact) mass is 428 g/mol. The molecule has 3 aromatic heterocycles. The average molecular weight is 429 g/mol. The number of furan rings is 1. The van der Waals surface area contributed by atoms with Gasteiger partial charge in [0, 0.05) is 23.8 Å². The molecule has 1 aliphatic heterocycles. The lowest BCUT2D eigenvalue weighted by Crippen LogP contribution is -2.30. The van der Waals surface area contributed by atoms with Gasteiger partial charge in [-0.1, -0.05) is 25.1 Å². The van der Waals surface area contributed by atoms with Crippen LogP contribution in [0.4, 0.5) is 5.69 Å². The zero-order chi connectivity index (χ0) is 21.2. The van der Waals surface area contributed by atoms with E-state index < -0.39 is 0 Å². The summed E-state index contributed by atoms with van der Waals surface area (Å²) in [5.41, 5.74) is 4.50. The van der Waals surface area contributed by atoms with Gasteiger partial charge >= 0.3 is 0 Å². The fourth-order valence-corrected chi connectivity index (χ4v) is 4.58. The van der Waals surface area contributed by atoms with E-state index >= 15 is 0 Å². The molecule has 5 nitrogen and oxygen atoms in total. The summed E-state index contributed by atoms with van der Waals surface area (Å²) >= 11 is 5.83. The first-order valence-electron chi connectivity index (χ1n) is 10.5. The standard InChI is InChI=1S/C25H24N4OS/c1-2-18-10-12-19(13-11-18)29-24(23(27-25(29)31)21-8-3-4-14-26-21)22-9-5-15-28(22)17-20-7-6-16-30-20/h3-16,23-24H,2,17H2,1H3,(H,27,31)/t23-,24-/m1/s1. The summed E-state index contributed by atoms with van der Waals surface area (Å²) in [5, 5.41) is 4.23. The SMILES string of the molecule is CCc1ccc(N2C(=S)N[C@H](c3ccccn3)[C@H]2c2cccn2Cc2ccco2)cc1. The molecule has 1 aliphatic rings. The van der Waals surface area contributed by atoms with Crippen molar-refractivity contribution in [3.8, 4) is 0 Å². The van der Waals surface area contributed by atoms with E-state index in [4.69, 9.17) is 16.6 Å². The predicted molar refractivity (Wildman–Crippen MR) is 126 cm³/mol. The van der Waals surface area contributed by atoms with Crippen LogP contribution in [0.3, 0.4) is 0 Å². The van der Waals surface area contributed by atoms with Gasteiger partial charge in [0.2, 0.25) is 0 Å². The minimum absolute atomic E-state index is 0.0418. The molecule has 4 aromatic rings. The topological polar surface area (TPSA) is 46.2 Å². The highest BCUT2D eigenvalue weighted by atomic mass is 32.1. The molecule has 0 spiro atoms. The first-order valence-corrected chi connectivity index (χ1v) is 10.9. The highest BCUT2D eigenvalue weighted by Crippen LogP contribution is 2.41. The van der Waals surface area contributed by atoms with Crippen molar-refractivity contribution < 1.29 is 4.42 Å². The lowest BCUT2D eigenvalue weighted by atomic mass is 10.0. The molecular weight excluding hydrogens is 404 g/mol. The molecule has 0 amide bonds. The van der Waals surface area contributed by atoms with Crippen molar-refractivity contribution >= 4 is 23.0 Å². The molecule has 1 fully saturated rings. The minimum atomic E-state index is -0.0650. The van der Waals surface area contributed by atoms with E-state index in [-0.39, 0.29) is 12.1 Å². The van der Waals surface area contributed by atoms with Crippen LogP contribution in [0, 0.1) is 0 Å². The predicted octanol–water partition coefficient (Wildman–Crippen LogP) is 5.26. The third-order valence-corrected chi connectivity index (χ3v) is 6.11. The minimum Gasteiger partial charge on any atom is -0.467 e. The molecule has 156 valence electrons. The van der Waals surface area contributed by atoms with Crippen LogP contribution < -0.4 is 10.2 Å². The molecule has 2 atom stereocenters. The third-order valence-electron chi connectivity index (χ3n) is 5.79. The number of aryl methyl sites for hydroxylation is 1. The zero-order valence-electron chi connectivity index (χ0n) is 17.3. The van der Waals surface area contributed by atoms with Crippen LogP contribution in [-0.4, -0.2) is 14.7 Å². The number of rotatable bonds is 6. The molecule has 1 aromatic carbocycles. The summed E-state index contributed by atoms with van der Waals surface area (Å²) in [5.74, 6) is 0.916. The van der Waals surface area contributed by atoms with Crippen molar-refractivity contribution in [3.05, 3.63) is 108 Å². The van der Waals surface area contributed by atoms with Gasteiger partial charge in [-0.25, -0.2) is 0 Å². The maximum absolute atomic E-state index is 5.83. The van der Waals surface area contributed by atoms with E-state index in [1.54, 1.807) is 6.26 Å². The van der Waals surface area contributed by atoms with Gasteiger partial charge in [-0.05, 0) is 72.7 Å². The largest absolute Gasteiger partial charge is 0.467 e. The molecule has 1 N–H and O–H groups in total. The summed E-state index contributed by atoms with van der Waals surface area (Å²) in [6.45, 7) is 2.83. The maximum atomic E-state index is 5.83. The normalized spacial score (nSPS) is 18.4. The fraction of sp³-hybridized carbons (Fsp3) is 0.200. The Morgan fingerprint density at radius 1 is 1.03 bits per heavy atom. The van der Waals surface area contributed by atoms with Crippen LogP contribution in [-0.2, 0) is 13.0 Å². The van der Waals surface area contributed by atoms with Gasteiger partial charge in [-0.15, -0.1) is 0 Å². The Kier molecular flexibility index (Phi) is 5.30. The van der Waals surface area contributed by atoms with Gasteiger partial charge in [0.1, 0.15) is 11.8 Å². The van der Waals surface area contributed by atoms with Gasteiger partial charge in [0.25, 0.3) is 0 Å². The molecule has 0 saturated carbocycles. The van der Waals surface area contributed by atoms with Crippen molar-refractivity contribution in [2.75, 3.05) is 4.90 Å². The third kappa shape index (κ3) is 3.75. The Morgan fingerprint density at radius 3 is 2.61 bits per heavy atom. The number of pyridine rings is 1. The highest BCUT2D eigenvalue weighted by molar-refractivity contribution is 7.80. The molecule has 0 bridgehead atoms. The average Bonchev–Trinajstić information content (AvgIpc) is 3.55. The Labute approximate surface area is 187 Å². The zero-order valence-corrected chi connectivity index (χ0v) is 18.1. The lowest BCUT2D eigenvalue weighted by molar-refractivity contribution is 0.475. The molecule has 31 heavy (non-hydrogen) atoms. The number of thiocarbonyl (C=S) groups is 1. The first kappa shape index (κ1) is 19.6. The van der Waals surface area contributed by atoms with E-state index in [0.29, 0.717) is 11.7 Å². The summed E-state index contributed by atoms with van der Waals surface area (Å²) in [7, 11) is 0. The molecule has 0 aliphatic carbocycles. The number of aromatic nitrogens is 2. The maximum Gasteiger partial charge on any atom is 0.174 e. The number of nitrogens with zero attached hydrogens (tertiary/aromatic N) is 3. The Balaban J connectivity index is 1.59. The van der Waals surface area contributed by atoms with E-state index in [1.807, 2.05) is 30.5 Å². The number of hydrogen-bond acceptors (Lipinski definition) is 3. The molecular formula is C25H24N4OS. The second-order valence-corrected chi connectivity index (χ2v) is 8.04. The van der Waals surface area contributed by atoms with Gasteiger partial charge in [-0.2, -0.15) is 0 Å². The van der Waals surface area contributed by atoms with Crippen LogP contribution in [0.1, 0.15) is 41.7 Å². The van der Waals surface area contributed by atoms with Gasteiger partial charge in [0.15, 0.2) is 5.11 Å². The Hall–Kier alpha value is -3.38. The highest BCUT2D eigenvalue weighted by Gasteiger charge is 2.42. The quantitative estimate of drug-likeness (QED) is 0.424. The Bertz CT molecular complexity index is 1150. The molecule has 0 unspecified atom stereocenters. The van der Waals surface area contributed by atoms with Crippen LogP contribution in [0.25, 0.3) is 0 Å². The van der Waals surface area contributed by atoms with Crippen molar-refractivity contribution in [1.29, 1.82) is 0 Å². The summed E-state index contributed by atoms with van der Waals surface area (Å²) in [6.07, 6.45) is 6.64. The second kappa shape index (κ2) is 8.40. The van der Waals surface area contributed by atoms with Crippen LogP contribution in [0.5, 0.6) is 0 Å². The van der Waals surface area contributed by atoms with Crippen molar-refractivity contribution in [3.63, 3.8) is 0 Å². The van der Waals surface area contributed by atoms with Crippen molar-refractivity contribution in [2.45, 2.75) is 32.0 Å². The molecule has 0 radical (unpaired) electrons. The lowest BCUT2D eigenvalue weighted by Gasteiger charge is -2.29. The van der Waals surface area contributed by atoms with Gasteiger partial charge < -0.3 is 19.2 Å². The van der Waals surface area contributed by atoms with Gasteiger partial charge in [-0.3, -0.25) is 4.98 Å². The summed E-state index contributed by atoms with van der Waals surface area (Å²) in [4.78, 5) is 6.85. The van der Waals surface area contributed by atoms with Gasteiger partial charge in [0.05, 0.1) is 24.5 Å². The van der Waals surface area contributed by atoms with E-state index in [9.17, 15) is 0 Å². The molecule has 4 heterocycles. The number of hydrogen-bond donors (Lipinski definition) is 1. The summed E-state index contributed by atoms with van der Waals surface area (Å²) < 4.78 is 7.83. The van der Waals surface area contributed by atoms with E-state index in [0.717, 1.165) is 29.3 Å². The first-order chi connectivity index (χ1) is 15.2. The van der Waals surface area contributed by atoms with Crippen molar-refractivity contribution in [2.24, 2.45) is 0 Å². The molecule has 5 rings (SSSR count). The fourth-order valence-electron chi connectivity index (χ4n) is 4.24. The number of benzene rings is 1. The summed E-state index contributed by atoms with van der Waals surface area (Å²) in [6, 6.07) is 22.7. The molecule has 1 saturated heterocycles. The van der Waals surface area contributed by atoms with Crippen LogP contribution in [0.2, 0.25) is 0 Å². The van der Waals surface area contributed by atoms with Crippen LogP contribution >= 0.6 is 12.2 Å².